The first-order valence-corrected chi connectivity index (χ1v) is 7.58. The zero-order valence-electron chi connectivity index (χ0n) is 11.1. The summed E-state index contributed by atoms with van der Waals surface area (Å²) in [6, 6.07) is 16.9. The Kier molecular flexibility index (Phi) is 3.75. The van der Waals surface area contributed by atoms with Gasteiger partial charge in [-0.1, -0.05) is 34.1 Å². The molecule has 0 fully saturated rings. The average Bonchev–Trinajstić information content (AvgIpc) is 2.48. The minimum Gasteiger partial charge on any atom is -0.381 e. The summed E-state index contributed by atoms with van der Waals surface area (Å²) in [4.78, 5) is 0. The second-order valence-electron chi connectivity index (χ2n) is 5.15. The number of nitrogens with one attached hydrogen (secondary N) is 1. The molecule has 0 aliphatic heterocycles. The standard InChI is InChI=1S/C17H15BrN2/c18-15-7-5-13-10-16(8-6-12(13)9-15)20-17-4-2-1-3-14(17)11-19/h1-5,7,9,16,20H,6,8,10H2. The molecule has 100 valence electrons. The fourth-order valence-corrected chi connectivity index (χ4v) is 3.18. The highest BCUT2D eigenvalue weighted by atomic mass is 79.9. The molecule has 1 atom stereocenters. The summed E-state index contributed by atoms with van der Waals surface area (Å²) in [7, 11) is 0. The van der Waals surface area contributed by atoms with Gasteiger partial charge in [-0.15, -0.1) is 0 Å². The van der Waals surface area contributed by atoms with Gasteiger partial charge in [0.05, 0.1) is 11.3 Å². The van der Waals surface area contributed by atoms with Crippen LogP contribution in [0.4, 0.5) is 5.69 Å². The van der Waals surface area contributed by atoms with Gasteiger partial charge in [-0.05, 0) is 54.7 Å². The lowest BCUT2D eigenvalue weighted by atomic mass is 9.88. The SMILES string of the molecule is N#Cc1ccccc1NC1CCc2cc(Br)ccc2C1. The molecule has 0 heterocycles. The zero-order valence-corrected chi connectivity index (χ0v) is 12.7. The molecule has 3 rings (SSSR count). The highest BCUT2D eigenvalue weighted by molar-refractivity contribution is 9.10. The maximum Gasteiger partial charge on any atom is 0.101 e. The number of nitriles is 1. The largest absolute Gasteiger partial charge is 0.381 e. The third-order valence-corrected chi connectivity index (χ3v) is 4.30. The highest BCUT2D eigenvalue weighted by Gasteiger charge is 2.19. The Hall–Kier alpha value is -1.79. The maximum absolute atomic E-state index is 9.14. The van der Waals surface area contributed by atoms with Crippen molar-refractivity contribution in [3.8, 4) is 6.07 Å². The average molecular weight is 327 g/mol. The van der Waals surface area contributed by atoms with E-state index in [-0.39, 0.29) is 0 Å². The fraction of sp³-hybridized carbons (Fsp3) is 0.235. The van der Waals surface area contributed by atoms with Crippen LogP contribution in [0.3, 0.4) is 0 Å². The number of para-hydroxylation sites is 1. The lowest BCUT2D eigenvalue weighted by Gasteiger charge is -2.27. The van der Waals surface area contributed by atoms with Crippen LogP contribution in [0.25, 0.3) is 0 Å². The number of aryl methyl sites for hydroxylation is 1. The van der Waals surface area contributed by atoms with Crippen molar-refractivity contribution in [3.05, 3.63) is 63.6 Å². The van der Waals surface area contributed by atoms with Crippen molar-refractivity contribution in [2.24, 2.45) is 0 Å². The molecule has 1 N–H and O–H groups in total. The first-order chi connectivity index (χ1) is 9.76. The number of hydrogen-bond donors (Lipinski definition) is 1. The molecule has 0 aromatic heterocycles. The molecule has 1 aliphatic rings. The van der Waals surface area contributed by atoms with E-state index in [4.69, 9.17) is 5.26 Å². The van der Waals surface area contributed by atoms with Crippen molar-refractivity contribution in [2.75, 3.05) is 5.32 Å². The van der Waals surface area contributed by atoms with Crippen molar-refractivity contribution in [1.82, 2.24) is 0 Å². The Morgan fingerprint density at radius 3 is 2.85 bits per heavy atom. The van der Waals surface area contributed by atoms with Gasteiger partial charge in [0.15, 0.2) is 0 Å². The summed E-state index contributed by atoms with van der Waals surface area (Å²) in [6.45, 7) is 0. The lowest BCUT2D eigenvalue weighted by Crippen LogP contribution is -2.27. The second kappa shape index (κ2) is 5.68. The Labute approximate surface area is 127 Å². The molecule has 2 aromatic carbocycles. The normalized spacial score (nSPS) is 17.1. The zero-order chi connectivity index (χ0) is 13.9. The Morgan fingerprint density at radius 1 is 1.15 bits per heavy atom. The van der Waals surface area contributed by atoms with E-state index in [9.17, 15) is 0 Å². The van der Waals surface area contributed by atoms with Crippen molar-refractivity contribution in [2.45, 2.75) is 25.3 Å². The van der Waals surface area contributed by atoms with E-state index in [2.05, 4.69) is 45.5 Å². The molecule has 0 saturated carbocycles. The van der Waals surface area contributed by atoms with Gasteiger partial charge >= 0.3 is 0 Å². The minimum absolute atomic E-state index is 0.401. The monoisotopic (exact) mass is 326 g/mol. The Bertz CT molecular complexity index is 673. The third kappa shape index (κ3) is 2.71. The van der Waals surface area contributed by atoms with Crippen molar-refractivity contribution in [3.63, 3.8) is 0 Å². The van der Waals surface area contributed by atoms with Gasteiger partial charge in [0.2, 0.25) is 0 Å². The van der Waals surface area contributed by atoms with Crippen LogP contribution in [0.5, 0.6) is 0 Å². The number of fused-ring (bicyclic) bond motifs is 1. The summed E-state index contributed by atoms with van der Waals surface area (Å²) in [5, 5.41) is 12.7. The summed E-state index contributed by atoms with van der Waals surface area (Å²) < 4.78 is 1.15. The van der Waals surface area contributed by atoms with Gasteiger partial charge < -0.3 is 5.32 Å². The Morgan fingerprint density at radius 2 is 2.00 bits per heavy atom. The van der Waals surface area contributed by atoms with Crippen molar-refractivity contribution in [1.29, 1.82) is 5.26 Å². The predicted molar refractivity (Wildman–Crippen MR) is 84.7 cm³/mol. The van der Waals surface area contributed by atoms with Gasteiger partial charge in [0.1, 0.15) is 6.07 Å². The van der Waals surface area contributed by atoms with E-state index >= 15 is 0 Å². The quantitative estimate of drug-likeness (QED) is 0.893. The van der Waals surface area contributed by atoms with Crippen molar-refractivity contribution < 1.29 is 0 Å². The van der Waals surface area contributed by atoms with E-state index in [1.54, 1.807) is 0 Å². The lowest BCUT2D eigenvalue weighted by molar-refractivity contribution is 0.610. The second-order valence-corrected chi connectivity index (χ2v) is 6.07. The summed E-state index contributed by atoms with van der Waals surface area (Å²) in [6.07, 6.45) is 3.20. The van der Waals surface area contributed by atoms with Gasteiger partial charge in [-0.3, -0.25) is 0 Å². The summed E-state index contributed by atoms with van der Waals surface area (Å²) in [5.74, 6) is 0. The molecule has 0 spiro atoms. The molecule has 0 saturated heterocycles. The van der Waals surface area contributed by atoms with Crippen LogP contribution in [-0.2, 0) is 12.8 Å². The first kappa shape index (κ1) is 13.2. The number of anilines is 1. The van der Waals surface area contributed by atoms with Crippen LogP contribution in [-0.4, -0.2) is 6.04 Å². The van der Waals surface area contributed by atoms with Crippen LogP contribution < -0.4 is 5.32 Å². The van der Waals surface area contributed by atoms with E-state index in [0.717, 1.165) is 29.4 Å². The number of rotatable bonds is 2. The van der Waals surface area contributed by atoms with Gasteiger partial charge in [0.25, 0.3) is 0 Å². The third-order valence-electron chi connectivity index (χ3n) is 3.80. The smallest absolute Gasteiger partial charge is 0.101 e. The topological polar surface area (TPSA) is 35.8 Å². The number of halogens is 1. The molecule has 2 nitrogen and oxygen atoms in total. The van der Waals surface area contributed by atoms with Crippen LogP contribution in [0.2, 0.25) is 0 Å². The molecule has 0 radical (unpaired) electrons. The van der Waals surface area contributed by atoms with E-state index in [1.807, 2.05) is 24.3 Å². The molecule has 20 heavy (non-hydrogen) atoms. The molecule has 1 unspecified atom stereocenters. The highest BCUT2D eigenvalue weighted by Crippen LogP contribution is 2.27. The molecule has 1 aliphatic carbocycles. The summed E-state index contributed by atoms with van der Waals surface area (Å²) in [5.41, 5.74) is 4.51. The molecule has 0 bridgehead atoms. The van der Waals surface area contributed by atoms with E-state index in [1.165, 1.54) is 11.1 Å². The number of benzene rings is 2. The fourth-order valence-electron chi connectivity index (χ4n) is 2.77. The predicted octanol–water partition coefficient (Wildman–Crippen LogP) is 4.29. The van der Waals surface area contributed by atoms with Crippen LogP contribution in [0.15, 0.2) is 46.9 Å². The van der Waals surface area contributed by atoms with E-state index in [0.29, 0.717) is 11.6 Å². The Balaban J connectivity index is 1.78. The molecule has 3 heteroatoms. The van der Waals surface area contributed by atoms with Crippen LogP contribution in [0, 0.1) is 11.3 Å². The van der Waals surface area contributed by atoms with Gasteiger partial charge in [-0.25, -0.2) is 0 Å². The first-order valence-electron chi connectivity index (χ1n) is 6.79. The molecular weight excluding hydrogens is 312 g/mol. The van der Waals surface area contributed by atoms with Crippen LogP contribution >= 0.6 is 15.9 Å². The van der Waals surface area contributed by atoms with E-state index < -0.39 is 0 Å². The molecular formula is C17H15BrN2. The van der Waals surface area contributed by atoms with Gasteiger partial charge in [-0.2, -0.15) is 5.26 Å². The van der Waals surface area contributed by atoms with Crippen molar-refractivity contribution >= 4 is 21.6 Å². The number of hydrogen-bond acceptors (Lipinski definition) is 2. The molecule has 2 aromatic rings. The summed E-state index contributed by atoms with van der Waals surface area (Å²) >= 11 is 3.53. The molecule has 0 amide bonds. The van der Waals surface area contributed by atoms with Crippen LogP contribution in [0.1, 0.15) is 23.1 Å². The van der Waals surface area contributed by atoms with Gasteiger partial charge in [0, 0.05) is 10.5 Å². The number of nitrogens with zero attached hydrogens (tertiary/aromatic N) is 1. The minimum atomic E-state index is 0.401. The maximum atomic E-state index is 9.14.